The average Bonchev–Trinajstić information content (AvgIpc) is 2.97. The van der Waals surface area contributed by atoms with Crippen molar-refractivity contribution in [2.45, 2.75) is 20.0 Å². The molecular formula is C12H16N4O2. The Bertz CT molecular complexity index is 530. The van der Waals surface area contributed by atoms with Crippen LogP contribution < -0.4 is 5.73 Å². The highest BCUT2D eigenvalue weighted by Crippen LogP contribution is 2.14. The molecule has 0 radical (unpaired) electrons. The van der Waals surface area contributed by atoms with Crippen molar-refractivity contribution in [3.63, 3.8) is 0 Å². The summed E-state index contributed by atoms with van der Waals surface area (Å²) in [5.74, 6) is 0.565. The van der Waals surface area contributed by atoms with Gasteiger partial charge in [0, 0.05) is 13.6 Å². The van der Waals surface area contributed by atoms with Gasteiger partial charge in [-0.1, -0.05) is 0 Å². The van der Waals surface area contributed by atoms with Gasteiger partial charge in [-0.05, 0) is 19.1 Å². The lowest BCUT2D eigenvalue weighted by molar-refractivity contribution is 0.0764. The molecule has 0 fully saturated rings. The third kappa shape index (κ3) is 2.22. The van der Waals surface area contributed by atoms with E-state index in [-0.39, 0.29) is 5.91 Å². The van der Waals surface area contributed by atoms with Gasteiger partial charge in [-0.2, -0.15) is 5.10 Å². The van der Waals surface area contributed by atoms with Crippen LogP contribution in [0.2, 0.25) is 0 Å². The van der Waals surface area contributed by atoms with E-state index in [2.05, 4.69) is 5.10 Å². The maximum Gasteiger partial charge on any atom is 0.274 e. The van der Waals surface area contributed by atoms with E-state index in [0.717, 1.165) is 5.76 Å². The summed E-state index contributed by atoms with van der Waals surface area (Å²) < 4.78 is 6.80. The fourth-order valence-corrected chi connectivity index (χ4v) is 1.76. The Morgan fingerprint density at radius 1 is 1.61 bits per heavy atom. The number of aromatic nitrogens is 2. The molecule has 2 aromatic heterocycles. The van der Waals surface area contributed by atoms with Crippen LogP contribution in [0, 0.1) is 0 Å². The van der Waals surface area contributed by atoms with Gasteiger partial charge in [0.15, 0.2) is 0 Å². The molecule has 0 saturated carbocycles. The molecular weight excluding hydrogens is 232 g/mol. The summed E-state index contributed by atoms with van der Waals surface area (Å²) in [6.07, 6.45) is 3.08. The summed E-state index contributed by atoms with van der Waals surface area (Å²) in [6.45, 7) is 2.92. The van der Waals surface area contributed by atoms with Gasteiger partial charge in [0.1, 0.15) is 11.5 Å². The summed E-state index contributed by atoms with van der Waals surface area (Å²) in [5.41, 5.74) is 6.59. The molecule has 0 aromatic carbocycles. The number of carbonyl (C=O) groups is 1. The largest absolute Gasteiger partial charge is 0.467 e. The van der Waals surface area contributed by atoms with Gasteiger partial charge in [0.25, 0.3) is 5.91 Å². The van der Waals surface area contributed by atoms with E-state index in [1.165, 1.54) is 6.20 Å². The Hall–Kier alpha value is -2.24. The first-order chi connectivity index (χ1) is 8.63. The molecule has 0 aliphatic carbocycles. The van der Waals surface area contributed by atoms with E-state index in [0.29, 0.717) is 24.5 Å². The number of hydrogen-bond acceptors (Lipinski definition) is 4. The van der Waals surface area contributed by atoms with Gasteiger partial charge >= 0.3 is 0 Å². The van der Waals surface area contributed by atoms with Gasteiger partial charge < -0.3 is 15.1 Å². The molecule has 0 aliphatic heterocycles. The number of aryl methyl sites for hydroxylation is 1. The van der Waals surface area contributed by atoms with Crippen molar-refractivity contribution in [2.24, 2.45) is 0 Å². The molecule has 1 amide bonds. The van der Waals surface area contributed by atoms with Crippen molar-refractivity contribution in [1.82, 2.24) is 14.7 Å². The van der Waals surface area contributed by atoms with Crippen LogP contribution in [0.15, 0.2) is 29.0 Å². The summed E-state index contributed by atoms with van der Waals surface area (Å²) in [7, 11) is 1.71. The van der Waals surface area contributed by atoms with E-state index in [1.54, 1.807) is 29.0 Å². The van der Waals surface area contributed by atoms with Crippen molar-refractivity contribution in [3.05, 3.63) is 36.0 Å². The monoisotopic (exact) mass is 248 g/mol. The molecule has 2 heterocycles. The second-order valence-corrected chi connectivity index (χ2v) is 4.00. The standard InChI is InChI=1S/C12H16N4O2/c1-3-16-11(10(13)7-14-16)12(17)15(2)8-9-5-4-6-18-9/h4-7H,3,8,13H2,1-2H3. The molecule has 2 N–H and O–H groups in total. The van der Waals surface area contributed by atoms with Crippen LogP contribution in [0.3, 0.4) is 0 Å². The second-order valence-electron chi connectivity index (χ2n) is 4.00. The minimum atomic E-state index is -0.164. The third-order valence-electron chi connectivity index (χ3n) is 2.69. The van der Waals surface area contributed by atoms with Crippen LogP contribution in [0.4, 0.5) is 5.69 Å². The smallest absolute Gasteiger partial charge is 0.274 e. The molecule has 0 unspecified atom stereocenters. The Balaban J connectivity index is 2.17. The van der Waals surface area contributed by atoms with Crippen LogP contribution in [0.1, 0.15) is 23.2 Å². The molecule has 6 heteroatoms. The number of carbonyl (C=O) groups excluding carboxylic acids is 1. The van der Waals surface area contributed by atoms with Crippen molar-refractivity contribution in [3.8, 4) is 0 Å². The summed E-state index contributed by atoms with van der Waals surface area (Å²) >= 11 is 0. The number of anilines is 1. The molecule has 0 bridgehead atoms. The topological polar surface area (TPSA) is 77.3 Å². The van der Waals surface area contributed by atoms with Crippen LogP contribution in [0.5, 0.6) is 0 Å². The van der Waals surface area contributed by atoms with Gasteiger partial charge in [-0.25, -0.2) is 0 Å². The first-order valence-electron chi connectivity index (χ1n) is 5.72. The first-order valence-corrected chi connectivity index (χ1v) is 5.72. The van der Waals surface area contributed by atoms with E-state index in [4.69, 9.17) is 10.2 Å². The Labute approximate surface area is 105 Å². The van der Waals surface area contributed by atoms with E-state index in [9.17, 15) is 4.79 Å². The quantitative estimate of drug-likeness (QED) is 0.886. The molecule has 0 aliphatic rings. The van der Waals surface area contributed by atoms with Gasteiger partial charge in [-0.15, -0.1) is 0 Å². The molecule has 0 spiro atoms. The van der Waals surface area contributed by atoms with Crippen molar-refractivity contribution < 1.29 is 9.21 Å². The van der Waals surface area contributed by atoms with Gasteiger partial charge in [0.2, 0.25) is 0 Å². The lowest BCUT2D eigenvalue weighted by Crippen LogP contribution is -2.29. The van der Waals surface area contributed by atoms with Crippen LogP contribution in [-0.4, -0.2) is 27.6 Å². The Morgan fingerprint density at radius 3 is 3.00 bits per heavy atom. The Morgan fingerprint density at radius 2 is 2.39 bits per heavy atom. The number of amides is 1. The average molecular weight is 248 g/mol. The number of nitrogen functional groups attached to an aromatic ring is 1. The van der Waals surface area contributed by atoms with Crippen LogP contribution >= 0.6 is 0 Å². The molecule has 96 valence electrons. The van der Waals surface area contributed by atoms with Crippen molar-refractivity contribution >= 4 is 11.6 Å². The minimum absolute atomic E-state index is 0.164. The predicted octanol–water partition coefficient (Wildman–Crippen LogP) is 1.35. The zero-order valence-corrected chi connectivity index (χ0v) is 10.5. The number of furan rings is 1. The summed E-state index contributed by atoms with van der Waals surface area (Å²) in [6, 6.07) is 3.61. The first kappa shape index (κ1) is 12.2. The molecule has 18 heavy (non-hydrogen) atoms. The van der Waals surface area contributed by atoms with E-state index in [1.807, 2.05) is 13.0 Å². The Kier molecular flexibility index (Phi) is 3.36. The highest BCUT2D eigenvalue weighted by Gasteiger charge is 2.20. The number of rotatable bonds is 4. The summed E-state index contributed by atoms with van der Waals surface area (Å²) in [5, 5.41) is 4.06. The normalized spacial score (nSPS) is 10.6. The fourth-order valence-electron chi connectivity index (χ4n) is 1.76. The van der Waals surface area contributed by atoms with Crippen molar-refractivity contribution in [2.75, 3.05) is 12.8 Å². The minimum Gasteiger partial charge on any atom is -0.467 e. The van der Waals surface area contributed by atoms with E-state index >= 15 is 0 Å². The molecule has 2 rings (SSSR count). The predicted molar refractivity (Wildman–Crippen MR) is 66.8 cm³/mol. The lowest BCUT2D eigenvalue weighted by Gasteiger charge is -2.16. The fraction of sp³-hybridized carbons (Fsp3) is 0.333. The SMILES string of the molecule is CCn1ncc(N)c1C(=O)N(C)Cc1ccco1. The molecule has 0 saturated heterocycles. The van der Waals surface area contributed by atoms with Crippen LogP contribution in [-0.2, 0) is 13.1 Å². The number of nitrogens with two attached hydrogens (primary N) is 1. The zero-order chi connectivity index (χ0) is 13.1. The van der Waals surface area contributed by atoms with Gasteiger partial charge in [0.05, 0.1) is 24.7 Å². The highest BCUT2D eigenvalue weighted by atomic mass is 16.3. The van der Waals surface area contributed by atoms with E-state index < -0.39 is 0 Å². The highest BCUT2D eigenvalue weighted by molar-refractivity contribution is 5.97. The molecule has 6 nitrogen and oxygen atoms in total. The van der Waals surface area contributed by atoms with Crippen molar-refractivity contribution in [1.29, 1.82) is 0 Å². The second kappa shape index (κ2) is 4.95. The lowest BCUT2D eigenvalue weighted by atomic mass is 10.3. The third-order valence-corrected chi connectivity index (χ3v) is 2.69. The molecule has 2 aromatic rings. The zero-order valence-electron chi connectivity index (χ0n) is 10.5. The van der Waals surface area contributed by atoms with Gasteiger partial charge in [-0.3, -0.25) is 9.48 Å². The summed E-state index contributed by atoms with van der Waals surface area (Å²) in [4.78, 5) is 13.8. The number of nitrogens with zero attached hydrogens (tertiary/aromatic N) is 3. The van der Waals surface area contributed by atoms with Crippen LogP contribution in [0.25, 0.3) is 0 Å². The molecule has 0 atom stereocenters. The number of hydrogen-bond donors (Lipinski definition) is 1. The maximum atomic E-state index is 12.3. The maximum absolute atomic E-state index is 12.3.